The first-order chi connectivity index (χ1) is 7.00. The van der Waals surface area contributed by atoms with Crippen LogP contribution in [0.5, 0.6) is 0 Å². The first kappa shape index (κ1) is 10.7. The predicted octanol–water partition coefficient (Wildman–Crippen LogP) is 3.09. The molecule has 2 rings (SSSR count). The SMILES string of the molecule is CCC1(C)C(=O)N(C)c2ccc(Br)cc21. The van der Waals surface area contributed by atoms with Crippen molar-refractivity contribution in [1.82, 2.24) is 0 Å². The summed E-state index contributed by atoms with van der Waals surface area (Å²) in [7, 11) is 1.84. The van der Waals surface area contributed by atoms with Crippen molar-refractivity contribution in [2.75, 3.05) is 11.9 Å². The van der Waals surface area contributed by atoms with Crippen LogP contribution in [0.1, 0.15) is 25.8 Å². The minimum atomic E-state index is -0.353. The number of likely N-dealkylation sites (N-methyl/N-ethyl adjacent to an activating group) is 1. The number of carbonyl (C=O) groups is 1. The number of benzene rings is 1. The van der Waals surface area contributed by atoms with Crippen LogP contribution in [0.3, 0.4) is 0 Å². The van der Waals surface area contributed by atoms with Crippen molar-refractivity contribution < 1.29 is 4.79 Å². The number of fused-ring (bicyclic) bond motifs is 1. The molecule has 0 aromatic heterocycles. The van der Waals surface area contributed by atoms with Gasteiger partial charge < -0.3 is 4.90 Å². The van der Waals surface area contributed by atoms with Crippen LogP contribution in [-0.4, -0.2) is 13.0 Å². The van der Waals surface area contributed by atoms with Gasteiger partial charge in [-0.2, -0.15) is 0 Å². The van der Waals surface area contributed by atoms with E-state index in [1.807, 2.05) is 26.1 Å². The van der Waals surface area contributed by atoms with E-state index >= 15 is 0 Å². The number of carbonyl (C=O) groups excluding carboxylic acids is 1. The highest BCUT2D eigenvalue weighted by Crippen LogP contribution is 2.43. The van der Waals surface area contributed by atoms with Gasteiger partial charge in [0.25, 0.3) is 0 Å². The summed E-state index contributed by atoms with van der Waals surface area (Å²) >= 11 is 3.46. The summed E-state index contributed by atoms with van der Waals surface area (Å²) in [6, 6.07) is 6.03. The molecule has 0 radical (unpaired) electrons. The summed E-state index contributed by atoms with van der Waals surface area (Å²) in [4.78, 5) is 13.9. The second kappa shape index (κ2) is 3.34. The molecular weight excluding hydrogens is 254 g/mol. The molecule has 0 saturated carbocycles. The van der Waals surface area contributed by atoms with Crippen LogP contribution >= 0.6 is 15.9 Å². The first-order valence-corrected chi connectivity index (χ1v) is 5.88. The van der Waals surface area contributed by atoms with Crippen molar-refractivity contribution in [1.29, 1.82) is 0 Å². The fourth-order valence-electron chi connectivity index (χ4n) is 2.18. The molecule has 0 bridgehead atoms. The van der Waals surface area contributed by atoms with Gasteiger partial charge in [0.1, 0.15) is 0 Å². The Morgan fingerprint density at radius 3 is 2.73 bits per heavy atom. The van der Waals surface area contributed by atoms with E-state index in [0.29, 0.717) is 0 Å². The van der Waals surface area contributed by atoms with Crippen molar-refractivity contribution >= 4 is 27.5 Å². The van der Waals surface area contributed by atoms with E-state index in [9.17, 15) is 4.79 Å². The number of rotatable bonds is 1. The van der Waals surface area contributed by atoms with Gasteiger partial charge in [-0.3, -0.25) is 4.79 Å². The summed E-state index contributed by atoms with van der Waals surface area (Å²) in [5, 5.41) is 0. The number of anilines is 1. The lowest BCUT2D eigenvalue weighted by atomic mass is 9.81. The van der Waals surface area contributed by atoms with Gasteiger partial charge in [0.05, 0.1) is 5.41 Å². The molecule has 1 heterocycles. The van der Waals surface area contributed by atoms with Gasteiger partial charge in [0.15, 0.2) is 0 Å². The average Bonchev–Trinajstić information content (AvgIpc) is 2.42. The van der Waals surface area contributed by atoms with Crippen LogP contribution in [0, 0.1) is 0 Å². The zero-order valence-electron chi connectivity index (χ0n) is 9.17. The Bertz CT molecular complexity index is 430. The fourth-order valence-corrected chi connectivity index (χ4v) is 2.54. The van der Waals surface area contributed by atoms with Gasteiger partial charge in [-0.1, -0.05) is 22.9 Å². The number of amides is 1. The van der Waals surface area contributed by atoms with E-state index in [0.717, 1.165) is 22.1 Å². The fraction of sp³-hybridized carbons (Fsp3) is 0.417. The number of hydrogen-bond donors (Lipinski definition) is 0. The standard InChI is InChI=1S/C12H14BrNO/c1-4-12(2)9-7-8(13)5-6-10(9)14(3)11(12)15/h5-7H,4H2,1-3H3. The third-order valence-corrected chi connectivity index (χ3v) is 3.89. The van der Waals surface area contributed by atoms with Crippen molar-refractivity contribution in [2.24, 2.45) is 0 Å². The van der Waals surface area contributed by atoms with Crippen LogP contribution in [0.25, 0.3) is 0 Å². The topological polar surface area (TPSA) is 20.3 Å². The van der Waals surface area contributed by atoms with Crippen molar-refractivity contribution in [3.05, 3.63) is 28.2 Å². The molecule has 1 amide bonds. The zero-order valence-corrected chi connectivity index (χ0v) is 10.8. The average molecular weight is 268 g/mol. The first-order valence-electron chi connectivity index (χ1n) is 5.09. The highest BCUT2D eigenvalue weighted by molar-refractivity contribution is 9.10. The van der Waals surface area contributed by atoms with E-state index in [1.165, 1.54) is 0 Å². The second-order valence-electron chi connectivity index (χ2n) is 4.21. The Balaban J connectivity index is 2.67. The summed E-state index contributed by atoms with van der Waals surface area (Å²) < 4.78 is 1.03. The maximum Gasteiger partial charge on any atom is 0.237 e. The summed E-state index contributed by atoms with van der Waals surface area (Å²) in [5.41, 5.74) is 1.81. The molecule has 0 N–H and O–H groups in total. The van der Waals surface area contributed by atoms with Gasteiger partial charge in [0.2, 0.25) is 5.91 Å². The third-order valence-electron chi connectivity index (χ3n) is 3.40. The maximum absolute atomic E-state index is 12.1. The zero-order chi connectivity index (χ0) is 11.2. The Kier molecular flexibility index (Phi) is 2.38. The molecule has 0 saturated heterocycles. The lowest BCUT2D eigenvalue weighted by Crippen LogP contribution is -2.35. The quantitative estimate of drug-likeness (QED) is 0.766. The summed E-state index contributed by atoms with van der Waals surface area (Å²) in [6.45, 7) is 4.08. The Morgan fingerprint density at radius 2 is 2.13 bits per heavy atom. The highest BCUT2D eigenvalue weighted by atomic mass is 79.9. The predicted molar refractivity (Wildman–Crippen MR) is 65.2 cm³/mol. The van der Waals surface area contributed by atoms with Crippen LogP contribution in [-0.2, 0) is 10.2 Å². The monoisotopic (exact) mass is 267 g/mol. The number of halogens is 1. The van der Waals surface area contributed by atoms with Crippen LogP contribution < -0.4 is 4.90 Å². The van der Waals surface area contributed by atoms with E-state index in [4.69, 9.17) is 0 Å². The van der Waals surface area contributed by atoms with Gasteiger partial charge in [-0.25, -0.2) is 0 Å². The maximum atomic E-state index is 12.1. The molecule has 1 aliphatic rings. The molecule has 1 atom stereocenters. The van der Waals surface area contributed by atoms with Crippen LogP contribution in [0.4, 0.5) is 5.69 Å². The van der Waals surface area contributed by atoms with Gasteiger partial charge in [-0.05, 0) is 37.1 Å². The van der Waals surface area contributed by atoms with Crippen LogP contribution in [0.2, 0.25) is 0 Å². The van der Waals surface area contributed by atoms with E-state index in [2.05, 4.69) is 28.9 Å². The van der Waals surface area contributed by atoms with Crippen LogP contribution in [0.15, 0.2) is 22.7 Å². The smallest absolute Gasteiger partial charge is 0.237 e. The van der Waals surface area contributed by atoms with Gasteiger partial charge in [-0.15, -0.1) is 0 Å². The molecule has 1 aromatic carbocycles. The molecule has 0 spiro atoms. The molecule has 1 aliphatic heterocycles. The van der Waals surface area contributed by atoms with E-state index in [-0.39, 0.29) is 11.3 Å². The Hall–Kier alpha value is -0.830. The normalized spacial score (nSPS) is 24.5. The van der Waals surface area contributed by atoms with Gasteiger partial charge >= 0.3 is 0 Å². The largest absolute Gasteiger partial charge is 0.314 e. The molecule has 1 unspecified atom stereocenters. The molecule has 3 heteroatoms. The van der Waals surface area contributed by atoms with Crippen molar-refractivity contribution in [2.45, 2.75) is 25.7 Å². The molecule has 15 heavy (non-hydrogen) atoms. The summed E-state index contributed by atoms with van der Waals surface area (Å²) in [6.07, 6.45) is 0.833. The lowest BCUT2D eigenvalue weighted by molar-refractivity contribution is -0.122. The number of nitrogens with zero attached hydrogens (tertiary/aromatic N) is 1. The molecule has 0 fully saturated rings. The molecule has 0 aliphatic carbocycles. The molecular formula is C12H14BrNO. The molecule has 80 valence electrons. The van der Waals surface area contributed by atoms with E-state index < -0.39 is 0 Å². The Morgan fingerprint density at radius 1 is 1.47 bits per heavy atom. The minimum Gasteiger partial charge on any atom is -0.314 e. The minimum absolute atomic E-state index is 0.193. The van der Waals surface area contributed by atoms with E-state index in [1.54, 1.807) is 4.90 Å². The lowest BCUT2D eigenvalue weighted by Gasteiger charge is -2.20. The highest BCUT2D eigenvalue weighted by Gasteiger charge is 2.44. The Labute approximate surface area is 98.4 Å². The summed E-state index contributed by atoms with van der Waals surface area (Å²) in [5.74, 6) is 0.193. The van der Waals surface area contributed by atoms with Crippen molar-refractivity contribution in [3.8, 4) is 0 Å². The second-order valence-corrected chi connectivity index (χ2v) is 5.13. The number of hydrogen-bond acceptors (Lipinski definition) is 1. The third kappa shape index (κ3) is 1.33. The molecule has 2 nitrogen and oxygen atoms in total. The molecule has 1 aromatic rings. The van der Waals surface area contributed by atoms with Crippen molar-refractivity contribution in [3.63, 3.8) is 0 Å². The van der Waals surface area contributed by atoms with Gasteiger partial charge in [0, 0.05) is 17.2 Å².